The third-order valence-corrected chi connectivity index (χ3v) is 2.31. The zero-order chi connectivity index (χ0) is 9.68. The average molecular weight is 198 g/mol. The summed E-state index contributed by atoms with van der Waals surface area (Å²) >= 11 is 1.54. The second-order valence-corrected chi connectivity index (χ2v) is 3.37. The van der Waals surface area contributed by atoms with Gasteiger partial charge in [0.2, 0.25) is 0 Å². The van der Waals surface area contributed by atoms with E-state index in [0.29, 0.717) is 6.54 Å². The molecule has 0 spiro atoms. The Labute approximate surface area is 80.0 Å². The second kappa shape index (κ2) is 4.61. The molecule has 0 aromatic carbocycles. The Morgan fingerprint density at radius 1 is 1.46 bits per heavy atom. The van der Waals surface area contributed by atoms with Crippen LogP contribution in [0.3, 0.4) is 0 Å². The van der Waals surface area contributed by atoms with Gasteiger partial charge < -0.3 is 10.6 Å². The molecule has 0 unspecified atom stereocenters. The highest BCUT2D eigenvalue weighted by Crippen LogP contribution is 2.06. The van der Waals surface area contributed by atoms with Crippen LogP contribution in [0.1, 0.15) is 4.88 Å². The molecule has 0 saturated carbocycles. The Morgan fingerprint density at radius 2 is 2.23 bits per heavy atom. The molecule has 0 saturated heterocycles. The van der Waals surface area contributed by atoms with Crippen LogP contribution in [0.4, 0.5) is 0 Å². The van der Waals surface area contributed by atoms with Gasteiger partial charge in [0.05, 0.1) is 6.54 Å². The summed E-state index contributed by atoms with van der Waals surface area (Å²) in [5, 5.41) is 6.66. The molecule has 1 heterocycles. The average Bonchev–Trinajstić information content (AvgIpc) is 2.65. The molecule has 4 nitrogen and oxygen atoms in total. The van der Waals surface area contributed by atoms with Crippen molar-refractivity contribution in [3.63, 3.8) is 0 Å². The number of thiophene rings is 1. The minimum absolute atomic E-state index is 0.407. The fourth-order valence-corrected chi connectivity index (χ4v) is 1.42. The first kappa shape index (κ1) is 9.73. The molecule has 0 radical (unpaired) electrons. The van der Waals surface area contributed by atoms with E-state index in [4.69, 9.17) is 0 Å². The minimum Gasteiger partial charge on any atom is -0.351 e. The smallest absolute Gasteiger partial charge is 0.309 e. The lowest BCUT2D eigenvalue weighted by Crippen LogP contribution is -2.37. The summed E-state index contributed by atoms with van der Waals surface area (Å²) in [6, 6.07) is 3.79. The van der Waals surface area contributed by atoms with Gasteiger partial charge in [0.15, 0.2) is 0 Å². The molecule has 0 atom stereocenters. The van der Waals surface area contributed by atoms with Gasteiger partial charge in [-0.05, 0) is 11.4 Å². The van der Waals surface area contributed by atoms with Gasteiger partial charge in [-0.15, -0.1) is 11.3 Å². The van der Waals surface area contributed by atoms with Crippen molar-refractivity contribution in [2.45, 2.75) is 6.54 Å². The number of amides is 2. The van der Waals surface area contributed by atoms with Gasteiger partial charge in [-0.3, -0.25) is 9.59 Å². The molecule has 0 fully saturated rings. The van der Waals surface area contributed by atoms with Crippen molar-refractivity contribution >= 4 is 23.2 Å². The topological polar surface area (TPSA) is 58.2 Å². The van der Waals surface area contributed by atoms with Gasteiger partial charge in [-0.25, -0.2) is 0 Å². The van der Waals surface area contributed by atoms with Crippen LogP contribution in [0.15, 0.2) is 17.5 Å². The summed E-state index contributed by atoms with van der Waals surface area (Å²) in [4.78, 5) is 22.7. The molecule has 70 valence electrons. The van der Waals surface area contributed by atoms with E-state index in [1.165, 1.54) is 18.4 Å². The molecule has 0 bridgehead atoms. The molecule has 0 aliphatic rings. The maximum absolute atomic E-state index is 11.0. The highest BCUT2D eigenvalue weighted by Gasteiger charge is 2.09. The molecule has 1 rings (SSSR count). The second-order valence-electron chi connectivity index (χ2n) is 2.34. The Kier molecular flexibility index (Phi) is 3.45. The van der Waals surface area contributed by atoms with Crippen molar-refractivity contribution in [1.29, 1.82) is 0 Å². The Balaban J connectivity index is 2.35. The number of likely N-dealkylation sites (N-methyl/N-ethyl adjacent to an activating group) is 1. The van der Waals surface area contributed by atoms with Crippen molar-refractivity contribution in [2.75, 3.05) is 7.05 Å². The van der Waals surface area contributed by atoms with Crippen molar-refractivity contribution in [2.24, 2.45) is 0 Å². The number of hydrogen-bond donors (Lipinski definition) is 2. The lowest BCUT2D eigenvalue weighted by molar-refractivity contribution is -0.138. The maximum Gasteiger partial charge on any atom is 0.309 e. The third kappa shape index (κ3) is 2.87. The highest BCUT2D eigenvalue weighted by atomic mass is 32.1. The van der Waals surface area contributed by atoms with Crippen LogP contribution in [-0.2, 0) is 16.1 Å². The van der Waals surface area contributed by atoms with Gasteiger partial charge >= 0.3 is 11.8 Å². The first-order valence-electron chi connectivity index (χ1n) is 3.76. The normalized spacial score (nSPS) is 9.31. The highest BCUT2D eigenvalue weighted by molar-refractivity contribution is 7.09. The lowest BCUT2D eigenvalue weighted by atomic mass is 10.4. The summed E-state index contributed by atoms with van der Waals surface area (Å²) in [6.45, 7) is 0.407. The first-order valence-corrected chi connectivity index (χ1v) is 4.64. The van der Waals surface area contributed by atoms with Gasteiger partial charge in [-0.2, -0.15) is 0 Å². The molecule has 1 aromatic heterocycles. The number of carbonyl (C=O) groups excluding carboxylic acids is 2. The quantitative estimate of drug-likeness (QED) is 0.663. The van der Waals surface area contributed by atoms with E-state index in [1.54, 1.807) is 0 Å². The zero-order valence-corrected chi connectivity index (χ0v) is 7.98. The van der Waals surface area contributed by atoms with Crippen LogP contribution in [0.25, 0.3) is 0 Å². The monoisotopic (exact) mass is 198 g/mol. The summed E-state index contributed by atoms with van der Waals surface area (Å²) in [5.74, 6) is -1.22. The molecular formula is C8H10N2O2S. The van der Waals surface area contributed by atoms with Gasteiger partial charge in [0.25, 0.3) is 0 Å². The Bertz CT molecular complexity index is 295. The number of hydrogen-bond acceptors (Lipinski definition) is 3. The molecular weight excluding hydrogens is 188 g/mol. The predicted molar refractivity (Wildman–Crippen MR) is 50.2 cm³/mol. The van der Waals surface area contributed by atoms with E-state index < -0.39 is 11.8 Å². The fourth-order valence-electron chi connectivity index (χ4n) is 0.774. The third-order valence-electron chi connectivity index (χ3n) is 1.44. The van der Waals surface area contributed by atoms with Crippen LogP contribution >= 0.6 is 11.3 Å². The number of nitrogens with one attached hydrogen (secondary N) is 2. The number of rotatable bonds is 2. The lowest BCUT2D eigenvalue weighted by Gasteiger charge is -2.00. The van der Waals surface area contributed by atoms with E-state index in [-0.39, 0.29) is 0 Å². The molecule has 2 N–H and O–H groups in total. The van der Waals surface area contributed by atoms with Crippen molar-refractivity contribution < 1.29 is 9.59 Å². The number of carbonyl (C=O) groups is 2. The molecule has 13 heavy (non-hydrogen) atoms. The Hall–Kier alpha value is -1.36. The van der Waals surface area contributed by atoms with E-state index in [2.05, 4.69) is 10.6 Å². The molecule has 5 heteroatoms. The summed E-state index contributed by atoms with van der Waals surface area (Å²) in [6.07, 6.45) is 0. The zero-order valence-electron chi connectivity index (χ0n) is 7.16. The first-order chi connectivity index (χ1) is 6.24. The SMILES string of the molecule is CNC(=O)C(=O)NCc1cccs1. The van der Waals surface area contributed by atoms with Crippen LogP contribution in [-0.4, -0.2) is 18.9 Å². The molecule has 0 aliphatic heterocycles. The van der Waals surface area contributed by atoms with Crippen LogP contribution < -0.4 is 10.6 Å². The maximum atomic E-state index is 11.0. The van der Waals surface area contributed by atoms with Crippen LogP contribution in [0, 0.1) is 0 Å². The van der Waals surface area contributed by atoms with Gasteiger partial charge in [0.1, 0.15) is 0 Å². The van der Waals surface area contributed by atoms with Crippen molar-refractivity contribution in [1.82, 2.24) is 10.6 Å². The summed E-state index contributed by atoms with van der Waals surface area (Å²) < 4.78 is 0. The molecule has 0 aliphatic carbocycles. The predicted octanol–water partition coefficient (Wildman–Crippen LogP) is 0.110. The molecule has 1 aromatic rings. The Morgan fingerprint density at radius 3 is 2.77 bits per heavy atom. The van der Waals surface area contributed by atoms with Crippen LogP contribution in [0.2, 0.25) is 0 Å². The standard InChI is InChI=1S/C8H10N2O2S/c1-9-7(11)8(12)10-5-6-3-2-4-13-6/h2-4H,5H2,1H3,(H,9,11)(H,10,12). The van der Waals surface area contributed by atoms with E-state index >= 15 is 0 Å². The van der Waals surface area contributed by atoms with E-state index in [0.717, 1.165) is 4.88 Å². The van der Waals surface area contributed by atoms with Gasteiger partial charge in [0, 0.05) is 11.9 Å². The largest absolute Gasteiger partial charge is 0.351 e. The van der Waals surface area contributed by atoms with E-state index in [9.17, 15) is 9.59 Å². The molecule has 2 amide bonds. The van der Waals surface area contributed by atoms with Crippen molar-refractivity contribution in [3.05, 3.63) is 22.4 Å². The summed E-state index contributed by atoms with van der Waals surface area (Å²) in [7, 11) is 1.42. The van der Waals surface area contributed by atoms with Gasteiger partial charge in [-0.1, -0.05) is 6.07 Å². The van der Waals surface area contributed by atoms with Crippen LogP contribution in [0.5, 0.6) is 0 Å². The minimum atomic E-state index is -0.614. The fraction of sp³-hybridized carbons (Fsp3) is 0.250. The van der Waals surface area contributed by atoms with Crippen molar-refractivity contribution in [3.8, 4) is 0 Å². The van der Waals surface area contributed by atoms with E-state index in [1.807, 2.05) is 17.5 Å². The summed E-state index contributed by atoms with van der Waals surface area (Å²) in [5.41, 5.74) is 0.